The Morgan fingerprint density at radius 2 is 1.82 bits per heavy atom. The number of rotatable bonds is 8. The van der Waals surface area contributed by atoms with Gasteiger partial charge in [-0.15, -0.1) is 0 Å². The highest BCUT2D eigenvalue weighted by atomic mass is 35.5. The van der Waals surface area contributed by atoms with E-state index in [1.54, 1.807) is 31.6 Å². The molecule has 1 aliphatic rings. The van der Waals surface area contributed by atoms with Gasteiger partial charge in [0.2, 0.25) is 0 Å². The molecule has 0 saturated carbocycles. The monoisotopic (exact) mass is 574 g/mol. The fourth-order valence-corrected chi connectivity index (χ4v) is 5.70. The number of fused-ring (bicyclic) bond motifs is 1. The minimum atomic E-state index is -0.642. The molecular weight excluding hydrogens is 548 g/mol. The number of hydrogen-bond acceptors (Lipinski definition) is 7. The van der Waals surface area contributed by atoms with Crippen molar-refractivity contribution >= 4 is 35.0 Å². The maximum absolute atomic E-state index is 13.8. The number of allylic oxidation sites excluding steroid dienone is 1. The average Bonchev–Trinajstić information content (AvgIpc) is 3.26. The molecule has 0 N–H and O–H groups in total. The number of halogens is 1. The zero-order valence-electron chi connectivity index (χ0n) is 22.2. The number of nitrogens with zero attached hydrogens (tertiary/aromatic N) is 2. The predicted octanol–water partition coefficient (Wildman–Crippen LogP) is 5.04. The number of hydrogen-bond donors (Lipinski definition) is 0. The molecule has 0 unspecified atom stereocenters. The Bertz CT molecular complexity index is 1760. The Labute approximate surface area is 240 Å². The fourth-order valence-electron chi connectivity index (χ4n) is 4.53. The van der Waals surface area contributed by atoms with E-state index in [1.807, 2.05) is 72.8 Å². The van der Waals surface area contributed by atoms with Gasteiger partial charge in [0.15, 0.2) is 16.3 Å². The molecule has 5 rings (SSSR count). The largest absolute Gasteiger partial charge is 0.493 e. The van der Waals surface area contributed by atoms with Gasteiger partial charge in [-0.05, 0) is 60.9 Å². The Hall–Kier alpha value is -4.14. The summed E-state index contributed by atoms with van der Waals surface area (Å²) in [5.74, 6) is 0.638. The molecule has 1 atom stereocenters. The van der Waals surface area contributed by atoms with Crippen molar-refractivity contribution in [1.82, 2.24) is 4.57 Å². The molecule has 0 radical (unpaired) electrons. The van der Waals surface area contributed by atoms with Gasteiger partial charge in [0.05, 0.1) is 35.6 Å². The molecule has 2 heterocycles. The van der Waals surface area contributed by atoms with Crippen LogP contribution in [-0.4, -0.2) is 24.3 Å². The standard InChI is InChI=1S/C31H27ClN2O5S/c1-4-38-30(36)27-19(2)33-31-34(28(27)22-8-6-5-7-9-22)29(35)26(40-31)17-21-12-15-24(25(16-21)37-3)39-18-20-10-13-23(32)14-11-20/h5-17,28H,4,18H2,1-3H3/b26-17-/t28-/m0/s1. The van der Waals surface area contributed by atoms with Crippen molar-refractivity contribution in [3.05, 3.63) is 125 Å². The third-order valence-electron chi connectivity index (χ3n) is 6.43. The molecule has 0 fully saturated rings. The zero-order chi connectivity index (χ0) is 28.2. The summed E-state index contributed by atoms with van der Waals surface area (Å²) in [4.78, 5) is 31.9. The lowest BCUT2D eigenvalue weighted by Gasteiger charge is -2.24. The second kappa shape index (κ2) is 11.9. The maximum atomic E-state index is 13.8. The van der Waals surface area contributed by atoms with Gasteiger partial charge in [-0.2, -0.15) is 0 Å². The smallest absolute Gasteiger partial charge is 0.338 e. The van der Waals surface area contributed by atoms with Crippen molar-refractivity contribution in [3.63, 3.8) is 0 Å². The van der Waals surface area contributed by atoms with Crippen LogP contribution >= 0.6 is 22.9 Å². The number of thiazole rings is 1. The number of esters is 1. The molecular formula is C31H27ClN2O5S. The Balaban J connectivity index is 1.52. The van der Waals surface area contributed by atoms with Gasteiger partial charge in [0, 0.05) is 5.02 Å². The molecule has 0 saturated heterocycles. The fraction of sp³-hybridized carbons (Fsp3) is 0.194. The van der Waals surface area contributed by atoms with Crippen LogP contribution in [0.5, 0.6) is 11.5 Å². The summed E-state index contributed by atoms with van der Waals surface area (Å²) in [6.07, 6.45) is 1.79. The van der Waals surface area contributed by atoms with Gasteiger partial charge in [-0.25, -0.2) is 9.79 Å². The molecule has 3 aromatic carbocycles. The summed E-state index contributed by atoms with van der Waals surface area (Å²) < 4.78 is 18.9. The summed E-state index contributed by atoms with van der Waals surface area (Å²) in [7, 11) is 1.57. The first-order valence-corrected chi connectivity index (χ1v) is 13.9. The molecule has 0 amide bonds. The van der Waals surface area contributed by atoms with Crippen LogP contribution in [0.25, 0.3) is 6.08 Å². The van der Waals surface area contributed by atoms with E-state index in [2.05, 4.69) is 4.99 Å². The molecule has 0 bridgehead atoms. The molecule has 9 heteroatoms. The third-order valence-corrected chi connectivity index (χ3v) is 7.66. The Morgan fingerprint density at radius 3 is 2.52 bits per heavy atom. The molecule has 0 spiro atoms. The van der Waals surface area contributed by atoms with E-state index in [-0.39, 0.29) is 12.2 Å². The van der Waals surface area contributed by atoms with Gasteiger partial charge in [-0.3, -0.25) is 9.36 Å². The van der Waals surface area contributed by atoms with E-state index in [0.29, 0.717) is 43.7 Å². The van der Waals surface area contributed by atoms with E-state index in [1.165, 1.54) is 11.3 Å². The van der Waals surface area contributed by atoms with Crippen LogP contribution in [0.1, 0.15) is 36.6 Å². The number of benzene rings is 3. The summed E-state index contributed by atoms with van der Waals surface area (Å²) in [5.41, 5.74) is 3.19. The summed E-state index contributed by atoms with van der Waals surface area (Å²) in [6, 6.07) is 21.7. The van der Waals surface area contributed by atoms with Crippen molar-refractivity contribution in [2.24, 2.45) is 4.99 Å². The van der Waals surface area contributed by atoms with Crippen molar-refractivity contribution in [1.29, 1.82) is 0 Å². The Kier molecular flexibility index (Phi) is 8.19. The minimum Gasteiger partial charge on any atom is -0.493 e. The maximum Gasteiger partial charge on any atom is 0.338 e. The number of ether oxygens (including phenoxy) is 3. The van der Waals surface area contributed by atoms with E-state index >= 15 is 0 Å². The molecule has 1 aliphatic heterocycles. The first-order chi connectivity index (χ1) is 19.4. The molecule has 204 valence electrons. The summed E-state index contributed by atoms with van der Waals surface area (Å²) in [5, 5.41) is 0.665. The highest BCUT2D eigenvalue weighted by Gasteiger charge is 2.33. The van der Waals surface area contributed by atoms with Gasteiger partial charge in [0.25, 0.3) is 5.56 Å². The van der Waals surface area contributed by atoms with Crippen LogP contribution in [0.15, 0.2) is 93.9 Å². The van der Waals surface area contributed by atoms with Crippen molar-refractivity contribution in [2.75, 3.05) is 13.7 Å². The highest BCUT2D eigenvalue weighted by molar-refractivity contribution is 7.07. The first-order valence-electron chi connectivity index (χ1n) is 12.7. The Morgan fingerprint density at radius 1 is 1.07 bits per heavy atom. The second-order valence-electron chi connectivity index (χ2n) is 9.04. The van der Waals surface area contributed by atoms with Crippen LogP contribution in [-0.2, 0) is 16.1 Å². The highest BCUT2D eigenvalue weighted by Crippen LogP contribution is 2.31. The zero-order valence-corrected chi connectivity index (χ0v) is 23.8. The number of carbonyl (C=O) groups is 1. The van der Waals surface area contributed by atoms with Gasteiger partial charge >= 0.3 is 5.97 Å². The second-order valence-corrected chi connectivity index (χ2v) is 10.5. The van der Waals surface area contributed by atoms with Crippen LogP contribution < -0.4 is 24.4 Å². The van der Waals surface area contributed by atoms with E-state index in [4.69, 9.17) is 25.8 Å². The molecule has 1 aromatic heterocycles. The van der Waals surface area contributed by atoms with Crippen molar-refractivity contribution < 1.29 is 19.0 Å². The minimum absolute atomic E-state index is 0.225. The van der Waals surface area contributed by atoms with Gasteiger partial charge < -0.3 is 14.2 Å². The topological polar surface area (TPSA) is 79.1 Å². The van der Waals surface area contributed by atoms with Crippen LogP contribution in [0.4, 0.5) is 0 Å². The van der Waals surface area contributed by atoms with Crippen LogP contribution in [0.2, 0.25) is 5.02 Å². The van der Waals surface area contributed by atoms with Crippen LogP contribution in [0, 0.1) is 0 Å². The van der Waals surface area contributed by atoms with Gasteiger partial charge in [0.1, 0.15) is 6.61 Å². The quantitative estimate of drug-likeness (QED) is 0.276. The number of methoxy groups -OCH3 is 1. The van der Waals surface area contributed by atoms with Crippen molar-refractivity contribution in [3.8, 4) is 11.5 Å². The molecule has 0 aliphatic carbocycles. The van der Waals surface area contributed by atoms with E-state index in [0.717, 1.165) is 16.7 Å². The van der Waals surface area contributed by atoms with Crippen molar-refractivity contribution in [2.45, 2.75) is 26.5 Å². The first kappa shape index (κ1) is 27.4. The lowest BCUT2D eigenvalue weighted by atomic mass is 9.96. The third kappa shape index (κ3) is 5.59. The molecule has 40 heavy (non-hydrogen) atoms. The average molecular weight is 575 g/mol. The van der Waals surface area contributed by atoms with E-state index < -0.39 is 12.0 Å². The van der Waals surface area contributed by atoms with Gasteiger partial charge in [-0.1, -0.05) is 71.5 Å². The molecule has 4 aromatic rings. The van der Waals surface area contributed by atoms with E-state index in [9.17, 15) is 9.59 Å². The summed E-state index contributed by atoms with van der Waals surface area (Å²) >= 11 is 7.24. The van der Waals surface area contributed by atoms with Crippen LogP contribution in [0.3, 0.4) is 0 Å². The SMILES string of the molecule is CCOC(=O)C1=C(C)N=c2s/c(=C\c3ccc(OCc4ccc(Cl)cc4)c(OC)c3)c(=O)n2[C@H]1c1ccccc1. The number of carbonyl (C=O) groups excluding carboxylic acids is 1. The summed E-state index contributed by atoms with van der Waals surface area (Å²) in [6.45, 7) is 4.10. The lowest BCUT2D eigenvalue weighted by Crippen LogP contribution is -2.39. The predicted molar refractivity (Wildman–Crippen MR) is 156 cm³/mol. The number of aromatic nitrogens is 1. The molecule has 7 nitrogen and oxygen atoms in total. The normalized spacial score (nSPS) is 14.9. The lowest BCUT2D eigenvalue weighted by molar-refractivity contribution is -0.139.